The third kappa shape index (κ3) is 10.8. The van der Waals surface area contributed by atoms with E-state index >= 15 is 0 Å². The molecule has 2 heterocycles. The number of aromatic nitrogens is 2. The minimum Gasteiger partial charge on any atom is -0.493 e. The Bertz CT molecular complexity index is 1360. The first-order chi connectivity index (χ1) is 21.2. The van der Waals surface area contributed by atoms with Crippen molar-refractivity contribution in [2.75, 3.05) is 19.0 Å². The number of methoxy groups -OCH3 is 1. The monoisotopic (exact) mass is 584 g/mol. The Morgan fingerprint density at radius 3 is 2.23 bits per heavy atom. The van der Waals surface area contributed by atoms with Gasteiger partial charge in [0.2, 0.25) is 12.2 Å². The number of nitrogens with one attached hydrogen (secondary N) is 1. The van der Waals surface area contributed by atoms with E-state index in [0.29, 0.717) is 18.9 Å². The molecular formula is C37H50N3O3+. The lowest BCUT2D eigenvalue weighted by molar-refractivity contribution is -0.686. The van der Waals surface area contributed by atoms with E-state index < -0.39 is 0 Å². The summed E-state index contributed by atoms with van der Waals surface area (Å²) in [7, 11) is 1.65. The first kappa shape index (κ1) is 32.1. The molecule has 0 aliphatic rings. The van der Waals surface area contributed by atoms with Crippen LogP contribution in [0.3, 0.4) is 0 Å². The molecule has 0 radical (unpaired) electrons. The van der Waals surface area contributed by atoms with E-state index in [0.717, 1.165) is 34.5 Å². The lowest BCUT2D eigenvalue weighted by Crippen LogP contribution is -2.32. The van der Waals surface area contributed by atoms with Gasteiger partial charge in [0.25, 0.3) is 0 Å². The Labute approximate surface area is 258 Å². The van der Waals surface area contributed by atoms with E-state index in [2.05, 4.69) is 45.9 Å². The van der Waals surface area contributed by atoms with Crippen molar-refractivity contribution < 1.29 is 18.8 Å². The second kappa shape index (κ2) is 18.0. The van der Waals surface area contributed by atoms with Gasteiger partial charge in [-0.15, -0.1) is 0 Å². The molecule has 4 aromatic rings. The molecule has 0 atom stereocenters. The van der Waals surface area contributed by atoms with Crippen LogP contribution < -0.4 is 19.4 Å². The first-order valence-corrected chi connectivity index (χ1v) is 16.3. The van der Waals surface area contributed by atoms with Crippen LogP contribution in [0, 0.1) is 0 Å². The van der Waals surface area contributed by atoms with Gasteiger partial charge in [-0.3, -0.25) is 4.79 Å². The average molecular weight is 585 g/mol. The third-order valence-electron chi connectivity index (χ3n) is 7.99. The molecule has 1 N–H and O–H groups in total. The highest BCUT2D eigenvalue weighted by Gasteiger charge is 2.13. The van der Waals surface area contributed by atoms with E-state index in [9.17, 15) is 4.79 Å². The number of anilines is 1. The maximum Gasteiger partial charge on any atom is 0.249 e. The average Bonchev–Trinajstić information content (AvgIpc) is 3.43. The molecule has 0 saturated heterocycles. The van der Waals surface area contributed by atoms with Crippen LogP contribution >= 0.6 is 0 Å². The molecular weight excluding hydrogens is 534 g/mol. The van der Waals surface area contributed by atoms with Gasteiger partial charge in [-0.25, -0.2) is 8.97 Å². The Morgan fingerprint density at radius 2 is 1.51 bits per heavy atom. The number of hydrogen-bond donors (Lipinski definition) is 1. The maximum atomic E-state index is 13.0. The van der Waals surface area contributed by atoms with Crippen LogP contribution in [0.2, 0.25) is 0 Å². The summed E-state index contributed by atoms with van der Waals surface area (Å²) in [5.74, 6) is 1.34. The molecule has 6 heteroatoms. The quantitative estimate of drug-likeness (QED) is 0.0836. The van der Waals surface area contributed by atoms with Crippen molar-refractivity contribution in [3.63, 3.8) is 0 Å². The number of fused-ring (bicyclic) bond motifs is 1. The zero-order valence-electron chi connectivity index (χ0n) is 26.2. The number of unbranched alkanes of at least 4 members (excludes halogenated alkanes) is 11. The zero-order chi connectivity index (χ0) is 30.1. The minimum absolute atomic E-state index is 0.0632. The predicted octanol–water partition coefficient (Wildman–Crippen LogP) is 8.54. The Morgan fingerprint density at radius 1 is 0.814 bits per heavy atom. The normalized spacial score (nSPS) is 11.1. The number of nitrogens with zero attached hydrogens (tertiary/aromatic N) is 2. The van der Waals surface area contributed by atoms with E-state index in [1.54, 1.807) is 7.11 Å². The Balaban J connectivity index is 1.18. The number of carbonyl (C=O) groups is 1. The van der Waals surface area contributed by atoms with Crippen LogP contribution in [0.5, 0.6) is 11.5 Å². The molecule has 1 amide bonds. The van der Waals surface area contributed by atoms with Crippen LogP contribution in [0.1, 0.15) is 95.1 Å². The van der Waals surface area contributed by atoms with Crippen molar-refractivity contribution in [2.24, 2.45) is 0 Å². The highest BCUT2D eigenvalue weighted by atomic mass is 16.5. The molecule has 0 spiro atoms. The lowest BCUT2D eigenvalue weighted by atomic mass is 10.1. The number of amides is 1. The molecule has 0 bridgehead atoms. The number of para-hydroxylation sites is 1. The van der Waals surface area contributed by atoms with E-state index in [1.807, 2.05) is 54.7 Å². The van der Waals surface area contributed by atoms with Gasteiger partial charge in [0.15, 0.2) is 17.0 Å². The third-order valence-corrected chi connectivity index (χ3v) is 7.99. The summed E-state index contributed by atoms with van der Waals surface area (Å²) in [4.78, 5) is 13.0. The molecule has 0 fully saturated rings. The summed E-state index contributed by atoms with van der Waals surface area (Å²) < 4.78 is 15.8. The van der Waals surface area contributed by atoms with Gasteiger partial charge in [-0.2, -0.15) is 0 Å². The molecule has 0 aliphatic carbocycles. The highest BCUT2D eigenvalue weighted by Crippen LogP contribution is 2.29. The van der Waals surface area contributed by atoms with Crippen LogP contribution in [-0.2, 0) is 17.8 Å². The van der Waals surface area contributed by atoms with Gasteiger partial charge in [0, 0.05) is 11.3 Å². The molecule has 43 heavy (non-hydrogen) atoms. The fraction of sp³-hybridized carbons (Fsp3) is 0.459. The largest absolute Gasteiger partial charge is 0.493 e. The topological polar surface area (TPSA) is 55.9 Å². The molecule has 4 rings (SSSR count). The smallest absolute Gasteiger partial charge is 0.249 e. The number of pyridine rings is 1. The van der Waals surface area contributed by atoms with E-state index in [4.69, 9.17) is 9.47 Å². The number of rotatable bonds is 20. The molecule has 2 aromatic heterocycles. The van der Waals surface area contributed by atoms with Crippen LogP contribution in [0.15, 0.2) is 79.4 Å². The fourth-order valence-corrected chi connectivity index (χ4v) is 5.56. The molecule has 6 nitrogen and oxygen atoms in total. The number of carbonyl (C=O) groups excluding carboxylic acids is 1. The Hall–Kier alpha value is -3.80. The van der Waals surface area contributed by atoms with Gasteiger partial charge in [0.1, 0.15) is 12.7 Å². The zero-order valence-corrected chi connectivity index (χ0v) is 26.2. The highest BCUT2D eigenvalue weighted by molar-refractivity contribution is 5.93. The van der Waals surface area contributed by atoms with E-state index in [1.165, 1.54) is 70.6 Å². The van der Waals surface area contributed by atoms with Crippen LogP contribution in [0.4, 0.5) is 5.69 Å². The number of hydrogen-bond acceptors (Lipinski definition) is 3. The summed E-state index contributed by atoms with van der Waals surface area (Å²) >= 11 is 0. The van der Waals surface area contributed by atoms with Gasteiger partial charge in [0.05, 0.1) is 26.3 Å². The fourth-order valence-electron chi connectivity index (χ4n) is 5.56. The summed E-state index contributed by atoms with van der Waals surface area (Å²) in [5, 5.41) is 3.11. The first-order valence-electron chi connectivity index (χ1n) is 16.3. The number of imidazole rings is 1. The molecule has 2 aromatic carbocycles. The van der Waals surface area contributed by atoms with Crippen LogP contribution in [0.25, 0.3) is 5.52 Å². The second-order valence-electron chi connectivity index (χ2n) is 11.6. The maximum absolute atomic E-state index is 13.0. The molecule has 0 saturated carbocycles. The van der Waals surface area contributed by atoms with Crippen LogP contribution in [-0.4, -0.2) is 24.0 Å². The minimum atomic E-state index is -0.0632. The van der Waals surface area contributed by atoms with Crippen molar-refractivity contribution in [1.82, 2.24) is 4.40 Å². The second-order valence-corrected chi connectivity index (χ2v) is 11.6. The van der Waals surface area contributed by atoms with Gasteiger partial charge >= 0.3 is 0 Å². The molecule has 230 valence electrons. The summed E-state index contributed by atoms with van der Waals surface area (Å²) in [6, 6.07) is 19.9. The lowest BCUT2D eigenvalue weighted by Gasteiger charge is -2.13. The SMILES string of the molecule is CCCCCCCCCCCCCCOc1ccc(CC(=O)Nc2ccccc2C[n+]2cc3ccccn3c2)cc1OC. The van der Waals surface area contributed by atoms with Crippen molar-refractivity contribution in [2.45, 2.75) is 96.9 Å². The standard InChI is InChI=1S/C37H49N3O3/c1-3-4-5-6-7-8-9-10-11-12-13-18-25-43-35-23-22-31(26-36(35)42-2)27-37(41)38-34-21-15-14-19-32(34)28-39-29-33-20-16-17-24-40(33)30-39/h14-17,19-24,26,29-30H,3-13,18,25,27-28H2,1-2H3/p+1. The van der Waals surface area contributed by atoms with Crippen molar-refractivity contribution in [3.8, 4) is 11.5 Å². The predicted molar refractivity (Wildman–Crippen MR) is 175 cm³/mol. The van der Waals surface area contributed by atoms with Crippen molar-refractivity contribution in [1.29, 1.82) is 0 Å². The molecule has 0 aliphatic heterocycles. The number of ether oxygens (including phenoxy) is 2. The van der Waals surface area contributed by atoms with Gasteiger partial charge in [-0.05, 0) is 42.3 Å². The summed E-state index contributed by atoms with van der Waals surface area (Å²) in [6.45, 7) is 3.62. The van der Waals surface area contributed by atoms with Gasteiger partial charge in [-0.1, -0.05) is 108 Å². The van der Waals surface area contributed by atoms with Gasteiger partial charge < -0.3 is 14.8 Å². The molecule has 0 unspecified atom stereocenters. The van der Waals surface area contributed by atoms with Crippen molar-refractivity contribution in [3.05, 3.63) is 90.5 Å². The Kier molecular flexibility index (Phi) is 13.4. The van der Waals surface area contributed by atoms with Crippen molar-refractivity contribution >= 4 is 17.1 Å². The summed E-state index contributed by atoms with van der Waals surface area (Å²) in [5.41, 5.74) is 3.89. The van der Waals surface area contributed by atoms with E-state index in [-0.39, 0.29) is 12.3 Å². The number of benzene rings is 2. The summed E-state index contributed by atoms with van der Waals surface area (Å²) in [6.07, 6.45) is 22.3.